The number of carbonyl (C=O) groups is 1. The highest BCUT2D eigenvalue weighted by molar-refractivity contribution is 5.94. The summed E-state index contributed by atoms with van der Waals surface area (Å²) in [6.45, 7) is 5.90. The van der Waals surface area contributed by atoms with E-state index in [0.29, 0.717) is 44.0 Å². The molecule has 2 fully saturated rings. The summed E-state index contributed by atoms with van der Waals surface area (Å²) in [6, 6.07) is 12.8. The number of nitrogens with one attached hydrogen (secondary N) is 1. The van der Waals surface area contributed by atoms with E-state index in [4.69, 9.17) is 4.74 Å². The lowest BCUT2D eigenvalue weighted by Crippen LogP contribution is -2.48. The van der Waals surface area contributed by atoms with Gasteiger partial charge in [0.15, 0.2) is 0 Å². The molecule has 0 aromatic heterocycles. The highest BCUT2D eigenvalue weighted by Crippen LogP contribution is 2.30. The van der Waals surface area contributed by atoms with Crippen molar-refractivity contribution in [2.24, 2.45) is 0 Å². The van der Waals surface area contributed by atoms with E-state index < -0.39 is 0 Å². The van der Waals surface area contributed by atoms with Crippen LogP contribution in [-0.2, 0) is 4.74 Å². The average molecular weight is 425 g/mol. The maximum atomic E-state index is 12.7. The Morgan fingerprint density at radius 2 is 1.90 bits per heavy atom. The predicted molar refractivity (Wildman–Crippen MR) is 120 cm³/mol. The Bertz CT molecular complexity index is 933. The SMILES string of the molecule is Cc1ccc(C(=O)N2CCN(c3ccc([N+](=O)[O-])c(NC[C@@H]4CCCO4)c3)CC2)cc1. The van der Waals surface area contributed by atoms with Crippen LogP contribution in [-0.4, -0.2) is 61.2 Å². The molecule has 2 aliphatic rings. The number of piperazine rings is 1. The summed E-state index contributed by atoms with van der Waals surface area (Å²) >= 11 is 0. The van der Waals surface area contributed by atoms with Crippen molar-refractivity contribution in [2.75, 3.05) is 49.5 Å². The highest BCUT2D eigenvalue weighted by Gasteiger charge is 2.24. The summed E-state index contributed by atoms with van der Waals surface area (Å²) in [7, 11) is 0. The van der Waals surface area contributed by atoms with E-state index in [0.717, 1.165) is 30.7 Å². The van der Waals surface area contributed by atoms with Gasteiger partial charge in [-0.25, -0.2) is 0 Å². The lowest BCUT2D eigenvalue weighted by atomic mass is 10.1. The number of nitro groups is 1. The molecule has 0 unspecified atom stereocenters. The summed E-state index contributed by atoms with van der Waals surface area (Å²) in [6.07, 6.45) is 2.09. The average Bonchev–Trinajstić information content (AvgIpc) is 3.31. The van der Waals surface area contributed by atoms with E-state index in [2.05, 4.69) is 10.2 Å². The van der Waals surface area contributed by atoms with E-state index in [1.165, 1.54) is 0 Å². The third-order valence-electron chi connectivity index (χ3n) is 5.95. The Hall–Kier alpha value is -3.13. The minimum atomic E-state index is -0.361. The molecular formula is C23H28N4O4. The summed E-state index contributed by atoms with van der Waals surface area (Å²) in [5.74, 6) is 0.0438. The number of anilines is 2. The minimum Gasteiger partial charge on any atom is -0.377 e. The molecule has 2 aliphatic heterocycles. The van der Waals surface area contributed by atoms with Crippen molar-refractivity contribution in [3.8, 4) is 0 Å². The van der Waals surface area contributed by atoms with Crippen LogP contribution in [0.2, 0.25) is 0 Å². The first-order chi connectivity index (χ1) is 15.0. The summed E-state index contributed by atoms with van der Waals surface area (Å²) in [4.78, 5) is 27.9. The second-order valence-corrected chi connectivity index (χ2v) is 8.12. The van der Waals surface area contributed by atoms with E-state index in [-0.39, 0.29) is 22.6 Å². The topological polar surface area (TPSA) is 88.0 Å². The molecule has 31 heavy (non-hydrogen) atoms. The Morgan fingerprint density at radius 1 is 1.16 bits per heavy atom. The molecule has 1 amide bonds. The van der Waals surface area contributed by atoms with E-state index in [1.54, 1.807) is 12.1 Å². The molecule has 1 N–H and O–H groups in total. The fraction of sp³-hybridized carbons (Fsp3) is 0.435. The molecule has 0 radical (unpaired) electrons. The number of rotatable bonds is 6. The molecule has 0 spiro atoms. The van der Waals surface area contributed by atoms with E-state index in [1.807, 2.05) is 42.2 Å². The maximum absolute atomic E-state index is 12.7. The van der Waals surface area contributed by atoms with Gasteiger partial charge in [0.1, 0.15) is 5.69 Å². The van der Waals surface area contributed by atoms with Crippen LogP contribution in [0.1, 0.15) is 28.8 Å². The Morgan fingerprint density at radius 3 is 2.55 bits per heavy atom. The van der Waals surface area contributed by atoms with Crippen LogP contribution in [0.4, 0.5) is 17.1 Å². The number of hydrogen-bond acceptors (Lipinski definition) is 6. The number of benzene rings is 2. The van der Waals surface area contributed by atoms with Gasteiger partial charge in [-0.3, -0.25) is 14.9 Å². The quantitative estimate of drug-likeness (QED) is 0.564. The van der Waals surface area contributed by atoms with Crippen LogP contribution in [0, 0.1) is 17.0 Å². The van der Waals surface area contributed by atoms with Crippen LogP contribution in [0.25, 0.3) is 0 Å². The van der Waals surface area contributed by atoms with Crippen LogP contribution in [0.5, 0.6) is 0 Å². The monoisotopic (exact) mass is 424 g/mol. The molecule has 2 heterocycles. The van der Waals surface area contributed by atoms with Gasteiger partial charge in [0, 0.05) is 56.6 Å². The fourth-order valence-electron chi connectivity index (χ4n) is 4.10. The summed E-state index contributed by atoms with van der Waals surface area (Å²) in [5, 5.41) is 14.7. The predicted octanol–water partition coefficient (Wildman–Crippen LogP) is 3.46. The van der Waals surface area contributed by atoms with E-state index >= 15 is 0 Å². The van der Waals surface area contributed by atoms with Crippen molar-refractivity contribution < 1.29 is 14.5 Å². The fourth-order valence-corrected chi connectivity index (χ4v) is 4.10. The molecule has 2 aromatic rings. The van der Waals surface area contributed by atoms with Crippen molar-refractivity contribution in [3.63, 3.8) is 0 Å². The van der Waals surface area contributed by atoms with Crippen molar-refractivity contribution in [2.45, 2.75) is 25.9 Å². The standard InChI is InChI=1S/C23H28N4O4/c1-17-4-6-18(7-5-17)23(28)26-12-10-25(11-13-26)19-8-9-22(27(29)30)21(15-19)24-16-20-3-2-14-31-20/h4-9,15,20,24H,2-3,10-14,16H2,1H3/t20-/m0/s1. The smallest absolute Gasteiger partial charge is 0.292 e. The van der Waals surface area contributed by atoms with Gasteiger partial charge in [0.25, 0.3) is 11.6 Å². The Labute approximate surface area is 181 Å². The molecule has 8 heteroatoms. The first-order valence-corrected chi connectivity index (χ1v) is 10.8. The third kappa shape index (κ3) is 4.96. The zero-order chi connectivity index (χ0) is 21.8. The molecule has 0 bridgehead atoms. The molecule has 2 saturated heterocycles. The number of aryl methyl sites for hydroxylation is 1. The molecule has 4 rings (SSSR count). The zero-order valence-electron chi connectivity index (χ0n) is 17.8. The van der Waals surface area contributed by atoms with Gasteiger partial charge in [-0.1, -0.05) is 17.7 Å². The normalized spacial score (nSPS) is 18.8. The van der Waals surface area contributed by atoms with Crippen LogP contribution < -0.4 is 10.2 Å². The van der Waals surface area contributed by atoms with Crippen LogP contribution in [0.15, 0.2) is 42.5 Å². The van der Waals surface area contributed by atoms with Crippen molar-refractivity contribution in [1.82, 2.24) is 4.90 Å². The summed E-state index contributed by atoms with van der Waals surface area (Å²) < 4.78 is 5.62. The second-order valence-electron chi connectivity index (χ2n) is 8.12. The molecule has 0 aliphatic carbocycles. The van der Waals surface area contributed by atoms with Gasteiger partial charge < -0.3 is 19.9 Å². The van der Waals surface area contributed by atoms with Crippen LogP contribution >= 0.6 is 0 Å². The number of amides is 1. The Balaban J connectivity index is 1.41. The third-order valence-corrected chi connectivity index (χ3v) is 5.95. The highest BCUT2D eigenvalue weighted by atomic mass is 16.6. The zero-order valence-corrected chi connectivity index (χ0v) is 17.8. The number of hydrogen-bond donors (Lipinski definition) is 1. The first-order valence-electron chi connectivity index (χ1n) is 10.8. The van der Waals surface area contributed by atoms with Crippen molar-refractivity contribution >= 4 is 23.0 Å². The number of carbonyl (C=O) groups excluding carboxylic acids is 1. The van der Waals surface area contributed by atoms with Gasteiger partial charge in [-0.2, -0.15) is 0 Å². The van der Waals surface area contributed by atoms with E-state index in [9.17, 15) is 14.9 Å². The molecule has 0 saturated carbocycles. The summed E-state index contributed by atoms with van der Waals surface area (Å²) in [5.41, 5.74) is 3.33. The maximum Gasteiger partial charge on any atom is 0.292 e. The lowest BCUT2D eigenvalue weighted by Gasteiger charge is -2.36. The van der Waals surface area contributed by atoms with Gasteiger partial charge in [0.2, 0.25) is 0 Å². The molecule has 8 nitrogen and oxygen atoms in total. The molecular weight excluding hydrogens is 396 g/mol. The van der Waals surface area contributed by atoms with Crippen LogP contribution in [0.3, 0.4) is 0 Å². The number of nitro benzene ring substituents is 1. The number of ether oxygens (including phenoxy) is 1. The van der Waals surface area contributed by atoms with Crippen molar-refractivity contribution in [3.05, 3.63) is 63.7 Å². The molecule has 2 aromatic carbocycles. The van der Waals surface area contributed by atoms with Gasteiger partial charge in [0.05, 0.1) is 11.0 Å². The second kappa shape index (κ2) is 9.34. The van der Waals surface area contributed by atoms with Gasteiger partial charge in [-0.05, 0) is 44.0 Å². The molecule has 164 valence electrons. The Kier molecular flexibility index (Phi) is 6.36. The largest absolute Gasteiger partial charge is 0.377 e. The lowest BCUT2D eigenvalue weighted by molar-refractivity contribution is -0.383. The van der Waals surface area contributed by atoms with Gasteiger partial charge >= 0.3 is 0 Å². The minimum absolute atomic E-state index is 0.0438. The first kappa shape index (κ1) is 21.1. The molecule has 1 atom stereocenters. The van der Waals surface area contributed by atoms with Crippen molar-refractivity contribution in [1.29, 1.82) is 0 Å². The van der Waals surface area contributed by atoms with Gasteiger partial charge in [-0.15, -0.1) is 0 Å². The number of nitrogens with zero attached hydrogens (tertiary/aromatic N) is 3.